The minimum Gasteiger partial charge on any atom is -0.393 e. The molecule has 1 aliphatic heterocycles. The number of aliphatic hydroxyl groups excluding tert-OH is 1. The van der Waals surface area contributed by atoms with E-state index in [0.717, 1.165) is 5.57 Å². The van der Waals surface area contributed by atoms with Crippen LogP contribution >= 0.6 is 0 Å². The Bertz CT molecular complexity index is 344. The van der Waals surface area contributed by atoms with Crippen LogP contribution in [-0.4, -0.2) is 34.6 Å². The SMILES string of the molecule is C=C/C=C(\C=C)C(C)N1CC(C(C)O)CC1=O. The molecule has 1 rings (SSSR count). The van der Waals surface area contributed by atoms with Crippen molar-refractivity contribution >= 4 is 5.91 Å². The van der Waals surface area contributed by atoms with Gasteiger partial charge in [0, 0.05) is 18.9 Å². The van der Waals surface area contributed by atoms with E-state index in [1.165, 1.54) is 0 Å². The van der Waals surface area contributed by atoms with Gasteiger partial charge in [-0.2, -0.15) is 0 Å². The number of amides is 1. The van der Waals surface area contributed by atoms with Crippen LogP contribution in [0.15, 0.2) is 37.0 Å². The Morgan fingerprint density at radius 3 is 2.59 bits per heavy atom. The molecule has 0 bridgehead atoms. The Hall–Kier alpha value is -1.35. The minimum atomic E-state index is -0.438. The standard InChI is InChI=1S/C14H21NO2/c1-5-7-12(6-2)10(3)15-9-13(11(4)16)8-14(15)17/h5-7,10-11,13,16H,1-2,8-9H2,3-4H3/b12-7+. The van der Waals surface area contributed by atoms with Crippen molar-refractivity contribution in [2.24, 2.45) is 5.92 Å². The van der Waals surface area contributed by atoms with E-state index in [1.54, 1.807) is 24.0 Å². The van der Waals surface area contributed by atoms with E-state index in [4.69, 9.17) is 0 Å². The molecule has 94 valence electrons. The van der Waals surface area contributed by atoms with Crippen molar-refractivity contribution in [3.8, 4) is 0 Å². The third-order valence-corrected chi connectivity index (χ3v) is 3.37. The van der Waals surface area contributed by atoms with Crippen LogP contribution in [0.1, 0.15) is 20.3 Å². The number of hydrogen-bond donors (Lipinski definition) is 1. The summed E-state index contributed by atoms with van der Waals surface area (Å²) in [4.78, 5) is 13.7. The zero-order valence-electron chi connectivity index (χ0n) is 10.6. The quantitative estimate of drug-likeness (QED) is 0.739. The first-order chi connectivity index (χ1) is 8.01. The van der Waals surface area contributed by atoms with E-state index in [1.807, 2.05) is 13.0 Å². The number of carbonyl (C=O) groups is 1. The van der Waals surface area contributed by atoms with Gasteiger partial charge in [-0.15, -0.1) is 0 Å². The summed E-state index contributed by atoms with van der Waals surface area (Å²) in [5, 5.41) is 9.54. The third kappa shape index (κ3) is 3.07. The highest BCUT2D eigenvalue weighted by molar-refractivity contribution is 5.79. The first-order valence-corrected chi connectivity index (χ1v) is 5.93. The molecular formula is C14H21NO2. The van der Waals surface area contributed by atoms with Crippen molar-refractivity contribution in [1.82, 2.24) is 4.90 Å². The first-order valence-electron chi connectivity index (χ1n) is 5.93. The molecule has 17 heavy (non-hydrogen) atoms. The topological polar surface area (TPSA) is 40.5 Å². The molecule has 3 atom stereocenters. The molecule has 1 amide bonds. The van der Waals surface area contributed by atoms with E-state index < -0.39 is 6.10 Å². The predicted octanol–water partition coefficient (Wildman–Crippen LogP) is 1.90. The van der Waals surface area contributed by atoms with Gasteiger partial charge in [0.2, 0.25) is 5.91 Å². The fraction of sp³-hybridized carbons (Fsp3) is 0.500. The smallest absolute Gasteiger partial charge is 0.223 e. The monoisotopic (exact) mass is 235 g/mol. The lowest BCUT2D eigenvalue weighted by atomic mass is 10.0. The summed E-state index contributed by atoms with van der Waals surface area (Å²) in [6, 6.07) is -0.0123. The van der Waals surface area contributed by atoms with Gasteiger partial charge in [0.05, 0.1) is 12.1 Å². The van der Waals surface area contributed by atoms with Crippen molar-refractivity contribution in [3.63, 3.8) is 0 Å². The molecule has 1 aliphatic rings. The van der Waals surface area contributed by atoms with Gasteiger partial charge in [0.15, 0.2) is 0 Å². The molecule has 3 nitrogen and oxygen atoms in total. The number of nitrogens with zero attached hydrogens (tertiary/aromatic N) is 1. The fourth-order valence-corrected chi connectivity index (χ4v) is 2.15. The van der Waals surface area contributed by atoms with Crippen LogP contribution in [0.2, 0.25) is 0 Å². The summed E-state index contributed by atoms with van der Waals surface area (Å²) < 4.78 is 0. The molecular weight excluding hydrogens is 214 g/mol. The van der Waals surface area contributed by atoms with Gasteiger partial charge in [0.1, 0.15) is 0 Å². The molecule has 0 spiro atoms. The second kappa shape index (κ2) is 5.82. The van der Waals surface area contributed by atoms with Crippen molar-refractivity contribution in [2.45, 2.75) is 32.4 Å². The van der Waals surface area contributed by atoms with Gasteiger partial charge in [0.25, 0.3) is 0 Å². The highest BCUT2D eigenvalue weighted by Crippen LogP contribution is 2.25. The molecule has 1 saturated heterocycles. The Labute approximate surface area is 103 Å². The second-order valence-electron chi connectivity index (χ2n) is 4.53. The molecule has 3 heteroatoms. The van der Waals surface area contributed by atoms with E-state index >= 15 is 0 Å². The molecule has 0 aromatic heterocycles. The summed E-state index contributed by atoms with van der Waals surface area (Å²) in [5.41, 5.74) is 0.972. The van der Waals surface area contributed by atoms with Gasteiger partial charge in [-0.3, -0.25) is 4.79 Å². The highest BCUT2D eigenvalue weighted by atomic mass is 16.3. The van der Waals surface area contributed by atoms with E-state index in [2.05, 4.69) is 13.2 Å². The van der Waals surface area contributed by atoms with Crippen molar-refractivity contribution in [3.05, 3.63) is 37.0 Å². The number of aliphatic hydroxyl groups is 1. The summed E-state index contributed by atoms with van der Waals surface area (Å²) >= 11 is 0. The molecule has 0 aromatic carbocycles. The Balaban J connectivity index is 2.80. The lowest BCUT2D eigenvalue weighted by molar-refractivity contribution is -0.128. The van der Waals surface area contributed by atoms with Crippen molar-refractivity contribution < 1.29 is 9.90 Å². The zero-order valence-corrected chi connectivity index (χ0v) is 10.6. The minimum absolute atomic E-state index is 0.0123. The van der Waals surface area contributed by atoms with Gasteiger partial charge in [-0.05, 0) is 19.4 Å². The van der Waals surface area contributed by atoms with Gasteiger partial charge in [-0.1, -0.05) is 31.4 Å². The molecule has 0 aromatic rings. The number of likely N-dealkylation sites (tertiary alicyclic amines) is 1. The highest BCUT2D eigenvalue weighted by Gasteiger charge is 2.35. The van der Waals surface area contributed by atoms with E-state index in [9.17, 15) is 9.90 Å². The van der Waals surface area contributed by atoms with Crippen molar-refractivity contribution in [1.29, 1.82) is 0 Å². The zero-order chi connectivity index (χ0) is 13.0. The molecule has 0 aliphatic carbocycles. The van der Waals surface area contributed by atoms with Gasteiger partial charge in [-0.25, -0.2) is 0 Å². The van der Waals surface area contributed by atoms with Crippen LogP contribution in [0, 0.1) is 5.92 Å². The predicted molar refractivity (Wildman–Crippen MR) is 69.4 cm³/mol. The summed E-state index contributed by atoms with van der Waals surface area (Å²) in [6.45, 7) is 11.7. The average Bonchev–Trinajstić information content (AvgIpc) is 2.67. The molecule has 0 saturated carbocycles. The van der Waals surface area contributed by atoms with Gasteiger partial charge >= 0.3 is 0 Å². The van der Waals surface area contributed by atoms with E-state index in [-0.39, 0.29) is 17.9 Å². The summed E-state index contributed by atoms with van der Waals surface area (Å²) in [6.07, 6.45) is 5.29. The molecule has 1 N–H and O–H groups in total. The fourth-order valence-electron chi connectivity index (χ4n) is 2.15. The maximum Gasteiger partial charge on any atom is 0.223 e. The maximum atomic E-state index is 11.9. The Morgan fingerprint density at radius 1 is 1.53 bits per heavy atom. The summed E-state index contributed by atoms with van der Waals surface area (Å²) in [7, 11) is 0. The maximum absolute atomic E-state index is 11.9. The van der Waals surface area contributed by atoms with Crippen molar-refractivity contribution in [2.75, 3.05) is 6.54 Å². The van der Waals surface area contributed by atoms with Gasteiger partial charge < -0.3 is 10.0 Å². The first kappa shape index (κ1) is 13.7. The number of hydrogen-bond acceptors (Lipinski definition) is 2. The average molecular weight is 235 g/mol. The largest absolute Gasteiger partial charge is 0.393 e. The lowest BCUT2D eigenvalue weighted by Crippen LogP contribution is -2.36. The van der Waals surface area contributed by atoms with Crippen LogP contribution < -0.4 is 0 Å². The third-order valence-electron chi connectivity index (χ3n) is 3.37. The Kier molecular flexibility index (Phi) is 4.70. The summed E-state index contributed by atoms with van der Waals surface area (Å²) in [5.74, 6) is 0.139. The lowest BCUT2D eigenvalue weighted by Gasteiger charge is -2.26. The Morgan fingerprint density at radius 2 is 2.18 bits per heavy atom. The molecule has 1 fully saturated rings. The number of allylic oxidation sites excluding steroid dienone is 2. The van der Waals surface area contributed by atoms with Crippen LogP contribution in [0.5, 0.6) is 0 Å². The van der Waals surface area contributed by atoms with Crippen LogP contribution in [0.25, 0.3) is 0 Å². The van der Waals surface area contributed by atoms with Crippen LogP contribution in [0.4, 0.5) is 0 Å². The molecule has 3 unspecified atom stereocenters. The number of carbonyl (C=O) groups excluding carboxylic acids is 1. The normalized spacial score (nSPS) is 24.6. The molecule has 1 heterocycles. The van der Waals surface area contributed by atoms with Crippen LogP contribution in [0.3, 0.4) is 0 Å². The second-order valence-corrected chi connectivity index (χ2v) is 4.53. The van der Waals surface area contributed by atoms with E-state index in [0.29, 0.717) is 13.0 Å². The molecule has 0 radical (unpaired) electrons. The van der Waals surface area contributed by atoms with Crippen LogP contribution in [-0.2, 0) is 4.79 Å². The number of rotatable bonds is 5.